The van der Waals surface area contributed by atoms with Gasteiger partial charge in [-0.25, -0.2) is 4.39 Å². The van der Waals surface area contributed by atoms with Gasteiger partial charge in [0.1, 0.15) is 17.6 Å². The summed E-state index contributed by atoms with van der Waals surface area (Å²) in [5, 5.41) is 3.03. The van der Waals surface area contributed by atoms with E-state index >= 15 is 0 Å². The summed E-state index contributed by atoms with van der Waals surface area (Å²) in [5.41, 5.74) is 2.94. The first-order valence-corrected chi connectivity index (χ1v) is 8.69. The number of hydrogen-bond acceptors (Lipinski definition) is 2. The van der Waals surface area contributed by atoms with Crippen LogP contribution in [0.15, 0.2) is 24.3 Å². The van der Waals surface area contributed by atoms with E-state index in [1.54, 1.807) is 6.07 Å². The summed E-state index contributed by atoms with van der Waals surface area (Å²) in [4.78, 5) is 29.4. The van der Waals surface area contributed by atoms with Gasteiger partial charge in [-0.05, 0) is 55.5 Å². The normalized spacial score (nSPS) is 19.4. The molecule has 0 spiro atoms. The van der Waals surface area contributed by atoms with Gasteiger partial charge in [-0.1, -0.05) is 11.6 Å². The average Bonchev–Trinajstić information content (AvgIpc) is 3.24. The minimum atomic E-state index is -0.652. The zero-order valence-electron chi connectivity index (χ0n) is 13.4. The zero-order valence-corrected chi connectivity index (χ0v) is 14.2. The van der Waals surface area contributed by atoms with E-state index < -0.39 is 11.9 Å². The summed E-state index contributed by atoms with van der Waals surface area (Å²) in [6.45, 7) is 0.351. The highest BCUT2D eigenvalue weighted by Crippen LogP contribution is 2.27. The summed E-state index contributed by atoms with van der Waals surface area (Å²) in [5.74, 6) is -1.16. The van der Waals surface area contributed by atoms with Gasteiger partial charge >= 0.3 is 0 Å². The molecule has 1 atom stereocenters. The number of aryl methyl sites for hydroxylation is 2. The molecule has 25 heavy (non-hydrogen) atoms. The van der Waals surface area contributed by atoms with Crippen LogP contribution in [-0.4, -0.2) is 29.4 Å². The molecule has 0 saturated carbocycles. The van der Waals surface area contributed by atoms with Crippen molar-refractivity contribution < 1.29 is 14.0 Å². The predicted molar refractivity (Wildman–Crippen MR) is 92.5 cm³/mol. The Kier molecular flexibility index (Phi) is 4.00. The lowest BCUT2D eigenvalue weighted by Gasteiger charge is -2.18. The van der Waals surface area contributed by atoms with Gasteiger partial charge in [0.25, 0.3) is 5.91 Å². The molecule has 130 valence electrons. The Labute approximate surface area is 149 Å². The first-order chi connectivity index (χ1) is 12.0. The molecule has 4 rings (SSSR count). The van der Waals surface area contributed by atoms with E-state index in [9.17, 15) is 14.0 Å². The number of carbonyl (C=O) groups excluding carboxylic acids is 2. The van der Waals surface area contributed by atoms with E-state index in [1.165, 1.54) is 22.6 Å². The molecule has 0 bridgehead atoms. The van der Waals surface area contributed by atoms with E-state index in [1.807, 2.05) is 6.07 Å². The number of fused-ring (bicyclic) bond motifs is 1. The summed E-state index contributed by atoms with van der Waals surface area (Å²) in [7, 11) is 0. The van der Waals surface area contributed by atoms with Gasteiger partial charge in [0.15, 0.2) is 0 Å². The van der Waals surface area contributed by atoms with Crippen LogP contribution in [0.25, 0.3) is 0 Å². The Morgan fingerprint density at radius 3 is 2.92 bits per heavy atom. The third-order valence-corrected chi connectivity index (χ3v) is 5.06. The van der Waals surface area contributed by atoms with Crippen LogP contribution in [0.3, 0.4) is 0 Å². The van der Waals surface area contributed by atoms with Crippen molar-refractivity contribution in [1.29, 1.82) is 0 Å². The Hall–Kier alpha value is -2.34. The fourth-order valence-corrected chi connectivity index (χ4v) is 3.71. The molecule has 1 aromatic heterocycles. The molecular weight excluding hydrogens is 345 g/mol. The maximum Gasteiger partial charge on any atom is 0.268 e. The number of rotatable bonds is 3. The van der Waals surface area contributed by atoms with Crippen molar-refractivity contribution in [3.63, 3.8) is 0 Å². The molecule has 2 aromatic rings. The van der Waals surface area contributed by atoms with Crippen molar-refractivity contribution in [3.05, 3.63) is 52.1 Å². The number of nitrogens with one attached hydrogen (secondary N) is 2. The maximum absolute atomic E-state index is 14.1. The van der Waals surface area contributed by atoms with Gasteiger partial charge in [0, 0.05) is 17.3 Å². The zero-order chi connectivity index (χ0) is 17.6. The molecule has 1 aliphatic heterocycles. The van der Waals surface area contributed by atoms with Crippen LogP contribution in [0, 0.1) is 5.82 Å². The number of H-pyrrole nitrogens is 1. The van der Waals surface area contributed by atoms with Crippen molar-refractivity contribution in [2.24, 2.45) is 0 Å². The second kappa shape index (κ2) is 6.19. The Bertz CT molecular complexity index is 843. The molecule has 2 N–H and O–H groups in total. The number of carbonyl (C=O) groups is 2. The third kappa shape index (κ3) is 2.91. The molecule has 2 aliphatic rings. The number of aromatic nitrogens is 1. The number of amides is 2. The molecule has 7 heteroatoms. The van der Waals surface area contributed by atoms with Gasteiger partial charge < -0.3 is 15.2 Å². The lowest BCUT2D eigenvalue weighted by atomic mass is 10.2. The fraction of sp³-hybridized carbons (Fsp3) is 0.333. The van der Waals surface area contributed by atoms with Crippen LogP contribution < -0.4 is 10.2 Å². The van der Waals surface area contributed by atoms with Crippen molar-refractivity contribution in [1.82, 2.24) is 10.3 Å². The number of aromatic amines is 1. The van der Waals surface area contributed by atoms with Crippen LogP contribution in [0.4, 0.5) is 10.1 Å². The third-order valence-electron chi connectivity index (χ3n) is 4.82. The van der Waals surface area contributed by atoms with E-state index in [-0.39, 0.29) is 22.5 Å². The molecule has 5 nitrogen and oxygen atoms in total. The van der Waals surface area contributed by atoms with Gasteiger partial charge in [-0.3, -0.25) is 9.59 Å². The monoisotopic (exact) mass is 361 g/mol. The number of nitrogens with zero attached hydrogens (tertiary/aromatic N) is 1. The van der Waals surface area contributed by atoms with Gasteiger partial charge in [0.05, 0.1) is 5.69 Å². The van der Waals surface area contributed by atoms with Crippen LogP contribution in [0.2, 0.25) is 5.02 Å². The SMILES string of the molecule is O=C(NC1CCN(c2ccc(Cl)cc2F)C1=O)c1cc2c([nH]1)CCC2. The second-order valence-corrected chi connectivity index (χ2v) is 6.88. The lowest BCUT2D eigenvalue weighted by molar-refractivity contribution is -0.118. The van der Waals surface area contributed by atoms with Crippen molar-refractivity contribution in [2.45, 2.75) is 31.7 Å². The topological polar surface area (TPSA) is 65.2 Å². The van der Waals surface area contributed by atoms with Crippen LogP contribution >= 0.6 is 11.6 Å². The molecule has 1 unspecified atom stereocenters. The van der Waals surface area contributed by atoms with E-state index in [4.69, 9.17) is 11.6 Å². The molecule has 1 aromatic carbocycles. The Morgan fingerprint density at radius 2 is 2.16 bits per heavy atom. The molecule has 1 fully saturated rings. The molecule has 0 radical (unpaired) electrons. The van der Waals surface area contributed by atoms with E-state index in [0.29, 0.717) is 18.7 Å². The molecule has 1 aliphatic carbocycles. The fourth-order valence-electron chi connectivity index (χ4n) is 3.55. The predicted octanol–water partition coefficient (Wildman–Crippen LogP) is 2.83. The largest absolute Gasteiger partial charge is 0.354 e. The molecule has 2 heterocycles. The quantitative estimate of drug-likeness (QED) is 0.882. The second-order valence-electron chi connectivity index (χ2n) is 6.44. The minimum absolute atomic E-state index is 0.185. The van der Waals surface area contributed by atoms with Gasteiger partial charge in [-0.2, -0.15) is 0 Å². The summed E-state index contributed by atoms with van der Waals surface area (Å²) in [6, 6.07) is 5.40. The standard InChI is InChI=1S/C18H17ClFN3O2/c19-11-4-5-16(12(20)9-11)23-7-6-14(18(23)25)22-17(24)15-8-10-2-1-3-13(10)21-15/h4-5,8-9,14,21H,1-3,6-7H2,(H,22,24). The Morgan fingerprint density at radius 1 is 1.32 bits per heavy atom. The summed E-state index contributed by atoms with van der Waals surface area (Å²) >= 11 is 5.75. The summed E-state index contributed by atoms with van der Waals surface area (Å²) < 4.78 is 14.1. The number of hydrogen-bond donors (Lipinski definition) is 2. The van der Waals surface area contributed by atoms with Gasteiger partial charge in [-0.15, -0.1) is 0 Å². The molecule has 2 amide bonds. The first kappa shape index (κ1) is 16.1. The Balaban J connectivity index is 1.47. The van der Waals surface area contributed by atoms with Crippen molar-refractivity contribution >= 4 is 29.1 Å². The summed E-state index contributed by atoms with van der Waals surface area (Å²) in [6.07, 6.45) is 3.47. The first-order valence-electron chi connectivity index (χ1n) is 8.31. The van der Waals surface area contributed by atoms with Crippen molar-refractivity contribution in [3.8, 4) is 0 Å². The smallest absolute Gasteiger partial charge is 0.268 e. The van der Waals surface area contributed by atoms with Gasteiger partial charge in [0.2, 0.25) is 5.91 Å². The highest BCUT2D eigenvalue weighted by molar-refractivity contribution is 6.30. The number of halogens is 2. The highest BCUT2D eigenvalue weighted by Gasteiger charge is 2.35. The molecular formula is C18H17ClFN3O2. The molecule has 1 saturated heterocycles. The highest BCUT2D eigenvalue weighted by atomic mass is 35.5. The lowest BCUT2D eigenvalue weighted by Crippen LogP contribution is -2.41. The number of benzene rings is 1. The van der Waals surface area contributed by atoms with Crippen molar-refractivity contribution in [2.75, 3.05) is 11.4 Å². The average molecular weight is 362 g/mol. The van der Waals surface area contributed by atoms with Crippen LogP contribution in [-0.2, 0) is 17.6 Å². The van der Waals surface area contributed by atoms with E-state index in [0.717, 1.165) is 25.0 Å². The van der Waals surface area contributed by atoms with E-state index in [2.05, 4.69) is 10.3 Å². The maximum atomic E-state index is 14.1. The van der Waals surface area contributed by atoms with Crippen LogP contribution in [0.1, 0.15) is 34.6 Å². The minimum Gasteiger partial charge on any atom is -0.354 e. The number of anilines is 1. The van der Waals surface area contributed by atoms with Crippen LogP contribution in [0.5, 0.6) is 0 Å².